The fraction of sp³-hybridized carbons (Fsp3) is 0.478. The average molecular weight is 534 g/mol. The van der Waals surface area contributed by atoms with Crippen molar-refractivity contribution in [1.82, 2.24) is 14.5 Å². The molecule has 0 saturated carbocycles. The zero-order valence-corrected chi connectivity index (χ0v) is 20.5. The second-order valence-electron chi connectivity index (χ2n) is 8.70. The minimum absolute atomic E-state index is 0.155. The van der Waals surface area contributed by atoms with Gasteiger partial charge in [-0.1, -0.05) is 36.4 Å². The molecule has 1 fully saturated rings. The van der Waals surface area contributed by atoms with Crippen molar-refractivity contribution in [1.29, 1.82) is 0 Å². The second kappa shape index (κ2) is 10.7. The molecule has 2 unspecified atom stereocenters. The number of piperidine rings is 1. The van der Waals surface area contributed by atoms with Gasteiger partial charge in [-0.2, -0.15) is 4.31 Å². The highest BCUT2D eigenvalue weighted by molar-refractivity contribution is 7.88. The van der Waals surface area contributed by atoms with Crippen molar-refractivity contribution in [2.24, 2.45) is 0 Å². The Morgan fingerprint density at radius 3 is 2.47 bits per heavy atom. The van der Waals surface area contributed by atoms with Crippen LogP contribution in [-0.4, -0.2) is 74.1 Å². The van der Waals surface area contributed by atoms with Gasteiger partial charge in [-0.3, -0.25) is 9.59 Å². The van der Waals surface area contributed by atoms with Gasteiger partial charge in [0.1, 0.15) is 6.04 Å². The summed E-state index contributed by atoms with van der Waals surface area (Å²) in [5.74, 6) is -4.59. The molecule has 8 nitrogen and oxygen atoms in total. The standard InChI is InChI=1S/C23H27F4N3O5S/c1-29(36(2,33)34)15-20(31)30-13-7-6-10-19(30)21(32)28-17-11-12-18(16-8-4-3-5-9-16)22(24,14-17)35-23(25,26)27/h3-5,8-9,11-12,19H,6-7,10,13-15H2,1-2H3,(H,28,32). The first-order chi connectivity index (χ1) is 16.7. The number of sulfonamides is 1. The molecule has 0 spiro atoms. The lowest BCUT2D eigenvalue weighted by atomic mass is 9.90. The topological polar surface area (TPSA) is 96.0 Å². The molecule has 0 bridgehead atoms. The third-order valence-corrected chi connectivity index (χ3v) is 7.23. The van der Waals surface area contributed by atoms with Gasteiger partial charge in [-0.05, 0) is 30.9 Å². The molecule has 0 aromatic heterocycles. The Morgan fingerprint density at radius 2 is 1.86 bits per heavy atom. The van der Waals surface area contributed by atoms with Crippen LogP contribution in [0.5, 0.6) is 0 Å². The van der Waals surface area contributed by atoms with Crippen LogP contribution in [0.3, 0.4) is 0 Å². The zero-order valence-electron chi connectivity index (χ0n) is 19.7. The zero-order chi connectivity index (χ0) is 26.7. The second-order valence-corrected chi connectivity index (χ2v) is 10.8. The predicted octanol–water partition coefficient (Wildman–Crippen LogP) is 2.95. The monoisotopic (exact) mass is 533 g/mol. The number of allylic oxidation sites excluding steroid dienone is 2. The molecule has 36 heavy (non-hydrogen) atoms. The van der Waals surface area contributed by atoms with Crippen LogP contribution >= 0.6 is 0 Å². The van der Waals surface area contributed by atoms with E-state index in [1.807, 2.05) is 0 Å². The summed E-state index contributed by atoms with van der Waals surface area (Å²) < 4.78 is 83.0. The smallest absolute Gasteiger partial charge is 0.330 e. The van der Waals surface area contributed by atoms with Gasteiger partial charge < -0.3 is 10.2 Å². The quantitative estimate of drug-likeness (QED) is 0.544. The third kappa shape index (κ3) is 6.92. The molecule has 2 aliphatic rings. The van der Waals surface area contributed by atoms with Crippen LogP contribution in [0.1, 0.15) is 31.2 Å². The summed E-state index contributed by atoms with van der Waals surface area (Å²) >= 11 is 0. The van der Waals surface area contributed by atoms with Gasteiger partial charge in [-0.25, -0.2) is 17.5 Å². The van der Waals surface area contributed by atoms with Crippen LogP contribution in [-0.2, 0) is 24.3 Å². The minimum atomic E-state index is -5.28. The first kappa shape index (κ1) is 27.8. The molecule has 1 aromatic carbocycles. The maximum absolute atomic E-state index is 15.7. The number of carbonyl (C=O) groups excluding carboxylic acids is 2. The van der Waals surface area contributed by atoms with Crippen molar-refractivity contribution in [3.63, 3.8) is 0 Å². The molecular formula is C23H27F4N3O5S. The van der Waals surface area contributed by atoms with E-state index in [4.69, 9.17) is 0 Å². The van der Waals surface area contributed by atoms with Crippen molar-refractivity contribution >= 4 is 27.4 Å². The fourth-order valence-electron chi connectivity index (χ4n) is 4.14. The van der Waals surface area contributed by atoms with Crippen molar-refractivity contribution < 1.29 is 40.3 Å². The van der Waals surface area contributed by atoms with E-state index in [9.17, 15) is 31.2 Å². The average Bonchev–Trinajstić information content (AvgIpc) is 2.77. The minimum Gasteiger partial charge on any atom is -0.330 e. The third-order valence-electron chi connectivity index (χ3n) is 5.97. The predicted molar refractivity (Wildman–Crippen MR) is 123 cm³/mol. The van der Waals surface area contributed by atoms with Crippen molar-refractivity contribution in [2.45, 2.75) is 43.9 Å². The van der Waals surface area contributed by atoms with Gasteiger partial charge in [0, 0.05) is 24.9 Å². The number of nitrogens with one attached hydrogen (secondary N) is 1. The molecule has 1 aliphatic heterocycles. The molecule has 198 valence electrons. The Kier molecular flexibility index (Phi) is 8.26. The summed E-state index contributed by atoms with van der Waals surface area (Å²) in [6.45, 7) is -0.267. The number of halogens is 4. The van der Waals surface area contributed by atoms with Gasteiger partial charge in [0.25, 0.3) is 0 Å². The van der Waals surface area contributed by atoms with Crippen molar-refractivity contribution in [3.8, 4) is 0 Å². The number of likely N-dealkylation sites (N-methyl/N-ethyl adjacent to an activating group) is 1. The number of amides is 2. The Hall–Kier alpha value is -2.77. The largest absolute Gasteiger partial charge is 0.525 e. The highest BCUT2D eigenvalue weighted by Crippen LogP contribution is 2.43. The lowest BCUT2D eigenvalue weighted by Crippen LogP contribution is -2.54. The van der Waals surface area contributed by atoms with E-state index in [2.05, 4.69) is 10.1 Å². The molecule has 2 atom stereocenters. The molecular weight excluding hydrogens is 506 g/mol. The van der Waals surface area contributed by atoms with E-state index in [1.165, 1.54) is 30.2 Å². The molecule has 1 heterocycles. The maximum atomic E-state index is 15.7. The molecule has 2 amide bonds. The van der Waals surface area contributed by atoms with Gasteiger partial charge in [0.15, 0.2) is 0 Å². The Bertz CT molecular complexity index is 1150. The fourth-order valence-corrected chi connectivity index (χ4v) is 4.49. The van der Waals surface area contributed by atoms with E-state index < -0.39 is 53.1 Å². The highest BCUT2D eigenvalue weighted by atomic mass is 32.2. The Balaban J connectivity index is 1.81. The number of nitrogens with zero attached hydrogens (tertiary/aromatic N) is 2. The summed E-state index contributed by atoms with van der Waals surface area (Å²) in [5.41, 5.74) is -0.320. The number of alkyl halides is 4. The Morgan fingerprint density at radius 1 is 1.19 bits per heavy atom. The van der Waals surface area contributed by atoms with Crippen LogP contribution in [0.2, 0.25) is 0 Å². The molecule has 1 saturated heterocycles. The van der Waals surface area contributed by atoms with Crippen LogP contribution in [0.25, 0.3) is 5.57 Å². The van der Waals surface area contributed by atoms with Crippen molar-refractivity contribution in [2.75, 3.05) is 26.4 Å². The number of hydrogen-bond acceptors (Lipinski definition) is 5. The van der Waals surface area contributed by atoms with Crippen molar-refractivity contribution in [3.05, 3.63) is 53.7 Å². The van der Waals surface area contributed by atoms with Gasteiger partial charge >= 0.3 is 6.36 Å². The van der Waals surface area contributed by atoms with E-state index in [0.717, 1.165) is 16.6 Å². The number of carbonyl (C=O) groups is 2. The maximum Gasteiger partial charge on any atom is 0.525 e. The summed E-state index contributed by atoms with van der Waals surface area (Å²) in [6, 6.07) is 6.61. The molecule has 1 aromatic rings. The van der Waals surface area contributed by atoms with Gasteiger partial charge in [-0.15, -0.1) is 13.2 Å². The summed E-state index contributed by atoms with van der Waals surface area (Å²) in [6.07, 6.45) is -1.39. The lowest BCUT2D eigenvalue weighted by Gasteiger charge is -2.36. The number of likely N-dealkylation sites (tertiary alicyclic amines) is 1. The number of benzene rings is 1. The first-order valence-corrected chi connectivity index (χ1v) is 13.0. The Labute approximate surface area is 206 Å². The van der Waals surface area contributed by atoms with E-state index in [-0.39, 0.29) is 29.8 Å². The molecule has 1 aliphatic carbocycles. The van der Waals surface area contributed by atoms with Gasteiger partial charge in [0.2, 0.25) is 27.7 Å². The van der Waals surface area contributed by atoms with E-state index in [1.54, 1.807) is 18.2 Å². The summed E-state index contributed by atoms with van der Waals surface area (Å²) in [7, 11) is -2.40. The van der Waals surface area contributed by atoms with E-state index in [0.29, 0.717) is 12.8 Å². The first-order valence-electron chi connectivity index (χ1n) is 11.1. The summed E-state index contributed by atoms with van der Waals surface area (Å²) in [4.78, 5) is 27.0. The molecule has 3 rings (SSSR count). The SMILES string of the molecule is CN(CC(=O)N1CCCCC1C(=O)NC1=CC=C(c2ccccc2)C(F)(OC(F)(F)F)C1)S(C)(=O)=O. The lowest BCUT2D eigenvalue weighted by molar-refractivity contribution is -0.378. The highest BCUT2D eigenvalue weighted by Gasteiger charge is 2.49. The van der Waals surface area contributed by atoms with Crippen LogP contribution in [0.15, 0.2) is 48.2 Å². The molecule has 1 N–H and O–H groups in total. The molecule has 0 radical (unpaired) electrons. The summed E-state index contributed by atoms with van der Waals surface area (Å²) in [5, 5.41) is 2.43. The van der Waals surface area contributed by atoms with E-state index >= 15 is 4.39 Å². The number of ether oxygens (including phenoxy) is 1. The number of hydrogen-bond donors (Lipinski definition) is 1. The van der Waals surface area contributed by atoms with Crippen LogP contribution < -0.4 is 5.32 Å². The molecule has 13 heteroatoms. The number of rotatable bonds is 7. The normalized spacial score (nSPS) is 23.2. The van der Waals surface area contributed by atoms with Gasteiger partial charge in [0.05, 0.1) is 19.2 Å². The van der Waals surface area contributed by atoms with Crippen LogP contribution in [0.4, 0.5) is 17.6 Å². The van der Waals surface area contributed by atoms with Crippen LogP contribution in [0, 0.1) is 0 Å².